The number of hydrogen-bond donors (Lipinski definition) is 2. The van der Waals surface area contributed by atoms with Gasteiger partial charge in [-0.15, -0.1) is 0 Å². The molecule has 2 aliphatic rings. The summed E-state index contributed by atoms with van der Waals surface area (Å²) >= 11 is 0. The average molecular weight is 316 g/mol. The fourth-order valence-electron chi connectivity index (χ4n) is 3.15. The minimum Gasteiger partial charge on any atom is -0.325 e. The molecule has 6 heteroatoms. The molecule has 1 atom stereocenters. The van der Waals surface area contributed by atoms with E-state index in [-0.39, 0.29) is 17.9 Å². The zero-order chi connectivity index (χ0) is 16.2. The first-order chi connectivity index (χ1) is 11.1. The highest BCUT2D eigenvalue weighted by Crippen LogP contribution is 2.24. The molecule has 1 aromatic rings. The van der Waals surface area contributed by atoms with Crippen molar-refractivity contribution in [1.82, 2.24) is 10.2 Å². The molecule has 1 unspecified atom stereocenters. The van der Waals surface area contributed by atoms with Crippen LogP contribution in [0.1, 0.15) is 19.8 Å². The van der Waals surface area contributed by atoms with Crippen LogP contribution in [0.5, 0.6) is 0 Å². The van der Waals surface area contributed by atoms with Crippen LogP contribution in [0.4, 0.5) is 11.4 Å². The maximum Gasteiger partial charge on any atom is 0.241 e. The first kappa shape index (κ1) is 16.0. The molecule has 1 aromatic carbocycles. The Balaban J connectivity index is 1.65. The fourth-order valence-corrected chi connectivity index (χ4v) is 3.15. The largest absolute Gasteiger partial charge is 0.325 e. The smallest absolute Gasteiger partial charge is 0.241 e. The molecule has 23 heavy (non-hydrogen) atoms. The number of nitrogens with zero attached hydrogens (tertiary/aromatic N) is 2. The minimum atomic E-state index is -0.158. The van der Waals surface area contributed by atoms with Crippen molar-refractivity contribution in [3.63, 3.8) is 0 Å². The number of hydrogen-bond acceptors (Lipinski definition) is 4. The molecule has 2 N–H and O–H groups in total. The summed E-state index contributed by atoms with van der Waals surface area (Å²) in [4.78, 5) is 28.3. The van der Waals surface area contributed by atoms with Crippen LogP contribution in [0.15, 0.2) is 24.3 Å². The summed E-state index contributed by atoms with van der Waals surface area (Å²) in [6.45, 7) is 6.31. The number of anilines is 2. The van der Waals surface area contributed by atoms with Gasteiger partial charge in [0, 0.05) is 50.5 Å². The molecule has 3 rings (SSSR count). The summed E-state index contributed by atoms with van der Waals surface area (Å²) in [5.74, 6) is 0.152. The molecule has 2 heterocycles. The third-order valence-electron chi connectivity index (χ3n) is 4.58. The Hall–Kier alpha value is -1.92. The second-order valence-corrected chi connectivity index (χ2v) is 6.15. The van der Waals surface area contributed by atoms with Crippen molar-refractivity contribution in [2.45, 2.75) is 25.8 Å². The quantitative estimate of drug-likeness (QED) is 0.871. The zero-order valence-corrected chi connectivity index (χ0v) is 13.5. The lowest BCUT2D eigenvalue weighted by Crippen LogP contribution is -2.51. The minimum absolute atomic E-state index is 0.00296. The maximum atomic E-state index is 12.5. The second kappa shape index (κ2) is 7.10. The van der Waals surface area contributed by atoms with Gasteiger partial charge in [-0.1, -0.05) is 6.07 Å². The summed E-state index contributed by atoms with van der Waals surface area (Å²) in [6, 6.07) is 7.39. The summed E-state index contributed by atoms with van der Waals surface area (Å²) in [5, 5.41) is 6.27. The number of benzene rings is 1. The van der Waals surface area contributed by atoms with E-state index in [9.17, 15) is 9.59 Å². The molecular weight excluding hydrogens is 292 g/mol. The molecule has 0 spiro atoms. The molecule has 2 aliphatic heterocycles. The summed E-state index contributed by atoms with van der Waals surface area (Å²) < 4.78 is 0. The molecule has 124 valence electrons. The molecule has 0 aliphatic carbocycles. The number of piperazine rings is 1. The molecule has 0 aromatic heterocycles. The Morgan fingerprint density at radius 2 is 2.04 bits per heavy atom. The zero-order valence-electron chi connectivity index (χ0n) is 13.5. The van der Waals surface area contributed by atoms with Crippen molar-refractivity contribution in [2.75, 3.05) is 42.9 Å². The second-order valence-electron chi connectivity index (χ2n) is 6.15. The Labute approximate surface area is 136 Å². The molecule has 2 fully saturated rings. The van der Waals surface area contributed by atoms with Crippen LogP contribution in [0, 0.1) is 0 Å². The van der Waals surface area contributed by atoms with E-state index in [0.717, 1.165) is 50.5 Å². The third kappa shape index (κ3) is 3.71. The van der Waals surface area contributed by atoms with Crippen LogP contribution >= 0.6 is 0 Å². The highest BCUT2D eigenvalue weighted by molar-refractivity contribution is 5.98. The number of nitrogens with one attached hydrogen (secondary N) is 2. The van der Waals surface area contributed by atoms with E-state index in [4.69, 9.17) is 0 Å². The Morgan fingerprint density at radius 1 is 1.26 bits per heavy atom. The van der Waals surface area contributed by atoms with Crippen LogP contribution in [0.3, 0.4) is 0 Å². The van der Waals surface area contributed by atoms with Gasteiger partial charge < -0.3 is 15.5 Å². The van der Waals surface area contributed by atoms with Crippen LogP contribution in [-0.4, -0.2) is 55.5 Å². The lowest BCUT2D eigenvalue weighted by atomic mass is 10.2. The number of amides is 2. The third-order valence-corrected chi connectivity index (χ3v) is 4.58. The Bertz CT molecular complexity index is 584. The number of carbonyl (C=O) groups excluding carboxylic acids is 2. The van der Waals surface area contributed by atoms with Gasteiger partial charge in [-0.05, 0) is 31.5 Å². The van der Waals surface area contributed by atoms with Gasteiger partial charge in [-0.2, -0.15) is 0 Å². The SMILES string of the molecule is CC(C(=O)Nc1cccc(N2CCCC2=O)c1)N1CCNCC1. The monoisotopic (exact) mass is 316 g/mol. The van der Waals surface area contributed by atoms with E-state index in [1.165, 1.54) is 0 Å². The van der Waals surface area contributed by atoms with Crippen molar-refractivity contribution in [3.8, 4) is 0 Å². The van der Waals surface area contributed by atoms with E-state index in [2.05, 4.69) is 15.5 Å². The molecule has 0 bridgehead atoms. The van der Waals surface area contributed by atoms with Gasteiger partial charge in [0.25, 0.3) is 0 Å². The molecule has 0 saturated carbocycles. The van der Waals surface area contributed by atoms with Gasteiger partial charge in [0.1, 0.15) is 0 Å². The van der Waals surface area contributed by atoms with Crippen molar-refractivity contribution >= 4 is 23.2 Å². The van der Waals surface area contributed by atoms with Crippen LogP contribution in [-0.2, 0) is 9.59 Å². The number of carbonyl (C=O) groups is 2. The van der Waals surface area contributed by atoms with Gasteiger partial charge in [0.15, 0.2) is 0 Å². The standard InChI is InChI=1S/C17H24N4O2/c1-13(20-10-7-18-8-11-20)17(23)19-14-4-2-5-15(12-14)21-9-3-6-16(21)22/h2,4-5,12-13,18H,3,6-11H2,1H3,(H,19,23). The van der Waals surface area contributed by atoms with Gasteiger partial charge in [-0.25, -0.2) is 0 Å². The van der Waals surface area contributed by atoms with Crippen molar-refractivity contribution in [3.05, 3.63) is 24.3 Å². The average Bonchev–Trinajstić information content (AvgIpc) is 3.01. The number of rotatable bonds is 4. The van der Waals surface area contributed by atoms with Crippen molar-refractivity contribution in [2.24, 2.45) is 0 Å². The van der Waals surface area contributed by atoms with Crippen LogP contribution < -0.4 is 15.5 Å². The van der Waals surface area contributed by atoms with Gasteiger partial charge in [0.2, 0.25) is 11.8 Å². The molecular formula is C17H24N4O2. The molecule has 0 radical (unpaired) electrons. The lowest BCUT2D eigenvalue weighted by molar-refractivity contribution is -0.121. The Kier molecular flexibility index (Phi) is 4.93. The summed E-state index contributed by atoms with van der Waals surface area (Å²) in [7, 11) is 0. The van der Waals surface area contributed by atoms with Gasteiger partial charge in [-0.3, -0.25) is 14.5 Å². The van der Waals surface area contributed by atoms with Crippen molar-refractivity contribution in [1.29, 1.82) is 0 Å². The predicted molar refractivity (Wildman–Crippen MR) is 90.6 cm³/mol. The highest BCUT2D eigenvalue weighted by atomic mass is 16.2. The first-order valence-electron chi connectivity index (χ1n) is 8.31. The van der Waals surface area contributed by atoms with E-state index in [0.29, 0.717) is 6.42 Å². The summed E-state index contributed by atoms with van der Waals surface area (Å²) in [5.41, 5.74) is 1.61. The Morgan fingerprint density at radius 3 is 2.74 bits per heavy atom. The molecule has 2 amide bonds. The van der Waals surface area contributed by atoms with E-state index >= 15 is 0 Å². The highest BCUT2D eigenvalue weighted by Gasteiger charge is 2.24. The van der Waals surface area contributed by atoms with Crippen molar-refractivity contribution < 1.29 is 9.59 Å². The molecule has 2 saturated heterocycles. The fraction of sp³-hybridized carbons (Fsp3) is 0.529. The van der Waals surface area contributed by atoms with Crippen LogP contribution in [0.25, 0.3) is 0 Å². The summed E-state index contributed by atoms with van der Waals surface area (Å²) in [6.07, 6.45) is 1.51. The normalized spacial score (nSPS) is 20.6. The first-order valence-corrected chi connectivity index (χ1v) is 8.31. The van der Waals surface area contributed by atoms with E-state index in [1.807, 2.05) is 31.2 Å². The van der Waals surface area contributed by atoms with Gasteiger partial charge >= 0.3 is 0 Å². The predicted octanol–water partition coefficient (Wildman–Crippen LogP) is 1.05. The van der Waals surface area contributed by atoms with Gasteiger partial charge in [0.05, 0.1) is 6.04 Å². The maximum absolute atomic E-state index is 12.5. The van der Waals surface area contributed by atoms with E-state index in [1.54, 1.807) is 4.90 Å². The topological polar surface area (TPSA) is 64.7 Å². The lowest BCUT2D eigenvalue weighted by Gasteiger charge is -2.31. The van der Waals surface area contributed by atoms with E-state index < -0.39 is 0 Å². The molecule has 6 nitrogen and oxygen atoms in total. The van der Waals surface area contributed by atoms with Crippen LogP contribution in [0.2, 0.25) is 0 Å².